The number of ketones is 1. The van der Waals surface area contributed by atoms with Crippen LogP contribution in [-0.2, 0) is 11.2 Å². The number of fused-ring (bicyclic) bond motifs is 1. The van der Waals surface area contributed by atoms with Gasteiger partial charge in [-0.1, -0.05) is 64.3 Å². The van der Waals surface area contributed by atoms with Gasteiger partial charge in [0, 0.05) is 12.0 Å². The first-order chi connectivity index (χ1) is 11.5. The smallest absolute Gasteiger partial charge is 0.320 e. The van der Waals surface area contributed by atoms with E-state index in [2.05, 4.69) is 12.2 Å². The largest absolute Gasteiger partial charge is 0.480 e. The van der Waals surface area contributed by atoms with Crippen LogP contribution in [0.5, 0.6) is 0 Å². The summed E-state index contributed by atoms with van der Waals surface area (Å²) in [6.45, 7) is 6.96. The highest BCUT2D eigenvalue weighted by Crippen LogP contribution is 2.20. The maximum Gasteiger partial charge on any atom is 0.320 e. The van der Waals surface area contributed by atoms with Crippen LogP contribution in [0, 0.1) is 5.92 Å². The van der Waals surface area contributed by atoms with Gasteiger partial charge in [0.1, 0.15) is 6.04 Å². The Morgan fingerprint density at radius 1 is 1.21 bits per heavy atom. The van der Waals surface area contributed by atoms with Crippen molar-refractivity contribution in [1.82, 2.24) is 5.32 Å². The van der Waals surface area contributed by atoms with Crippen LogP contribution in [0.15, 0.2) is 24.3 Å². The van der Waals surface area contributed by atoms with Crippen molar-refractivity contribution in [1.29, 1.82) is 0 Å². The molecule has 2 N–H and O–H groups in total. The first-order valence-corrected chi connectivity index (χ1v) is 9.08. The lowest BCUT2D eigenvalue weighted by Gasteiger charge is -2.19. The molecule has 24 heavy (non-hydrogen) atoms. The van der Waals surface area contributed by atoms with Gasteiger partial charge in [-0.15, -0.1) is 0 Å². The molecule has 2 unspecified atom stereocenters. The molecule has 1 aromatic carbocycles. The van der Waals surface area contributed by atoms with E-state index in [9.17, 15) is 9.59 Å². The Kier molecular flexibility index (Phi) is 9.31. The van der Waals surface area contributed by atoms with Gasteiger partial charge < -0.3 is 10.4 Å². The van der Waals surface area contributed by atoms with Crippen LogP contribution in [0.1, 0.15) is 68.8 Å². The number of nitrogens with one attached hydrogen (secondary N) is 1. The molecular weight excluding hydrogens is 302 g/mol. The van der Waals surface area contributed by atoms with Crippen LogP contribution >= 0.6 is 0 Å². The Hall–Kier alpha value is -1.68. The van der Waals surface area contributed by atoms with E-state index < -0.39 is 5.97 Å². The minimum absolute atomic E-state index is 0.203. The molecule has 0 amide bonds. The fourth-order valence-corrected chi connectivity index (χ4v) is 2.79. The lowest BCUT2D eigenvalue weighted by molar-refractivity contribution is -0.140. The number of hydrogen-bond donors (Lipinski definition) is 2. The SMILES string of the molecule is CCCCCNC(C(=O)O)C(C)CC.O=C1CCc2ccccc21. The van der Waals surface area contributed by atoms with E-state index in [-0.39, 0.29) is 12.0 Å². The number of aliphatic carboxylic acids is 1. The maximum atomic E-state index is 11.1. The van der Waals surface area contributed by atoms with E-state index in [1.165, 1.54) is 18.4 Å². The molecule has 1 aliphatic rings. The third kappa shape index (κ3) is 6.44. The van der Waals surface area contributed by atoms with Gasteiger partial charge in [0.2, 0.25) is 0 Å². The number of hydrogen-bond acceptors (Lipinski definition) is 3. The highest BCUT2D eigenvalue weighted by atomic mass is 16.4. The Bertz CT molecular complexity index is 527. The molecule has 4 nitrogen and oxygen atoms in total. The van der Waals surface area contributed by atoms with Crippen LogP contribution in [0.3, 0.4) is 0 Å². The van der Waals surface area contributed by atoms with Crippen molar-refractivity contribution in [2.75, 3.05) is 6.54 Å². The van der Waals surface area contributed by atoms with Crippen LogP contribution in [0.2, 0.25) is 0 Å². The monoisotopic (exact) mass is 333 g/mol. The van der Waals surface area contributed by atoms with E-state index in [1.54, 1.807) is 0 Å². The zero-order valence-corrected chi connectivity index (χ0v) is 15.2. The summed E-state index contributed by atoms with van der Waals surface area (Å²) < 4.78 is 0. The third-order valence-electron chi connectivity index (χ3n) is 4.56. The van der Waals surface area contributed by atoms with Gasteiger partial charge in [-0.05, 0) is 30.9 Å². The van der Waals surface area contributed by atoms with Crippen molar-refractivity contribution in [3.8, 4) is 0 Å². The fraction of sp³-hybridized carbons (Fsp3) is 0.600. The van der Waals surface area contributed by atoms with Gasteiger partial charge in [-0.25, -0.2) is 0 Å². The molecule has 1 aromatic rings. The quantitative estimate of drug-likeness (QED) is 0.704. The van der Waals surface area contributed by atoms with Crippen molar-refractivity contribution in [2.24, 2.45) is 5.92 Å². The van der Waals surface area contributed by atoms with Crippen molar-refractivity contribution in [3.63, 3.8) is 0 Å². The highest BCUT2D eigenvalue weighted by Gasteiger charge is 2.22. The van der Waals surface area contributed by atoms with Crippen molar-refractivity contribution in [2.45, 2.75) is 65.3 Å². The van der Waals surface area contributed by atoms with E-state index in [0.29, 0.717) is 12.2 Å². The topological polar surface area (TPSA) is 66.4 Å². The van der Waals surface area contributed by atoms with Gasteiger partial charge in [0.25, 0.3) is 0 Å². The number of rotatable bonds is 8. The molecule has 0 fully saturated rings. The Balaban J connectivity index is 0.000000250. The van der Waals surface area contributed by atoms with Crippen molar-refractivity contribution in [3.05, 3.63) is 35.4 Å². The number of carbonyl (C=O) groups is 2. The Labute approximate surface area is 145 Å². The second-order valence-electron chi connectivity index (χ2n) is 6.44. The maximum absolute atomic E-state index is 11.1. The van der Waals surface area contributed by atoms with Crippen LogP contribution in [-0.4, -0.2) is 29.4 Å². The summed E-state index contributed by atoms with van der Waals surface area (Å²) in [5, 5.41) is 12.1. The lowest BCUT2D eigenvalue weighted by Crippen LogP contribution is -2.42. The van der Waals surface area contributed by atoms with Crippen LogP contribution in [0.25, 0.3) is 0 Å². The predicted octanol–water partition coefficient (Wildman–Crippen LogP) is 4.08. The summed E-state index contributed by atoms with van der Waals surface area (Å²) in [7, 11) is 0. The molecule has 2 atom stereocenters. The minimum atomic E-state index is -0.726. The molecule has 0 saturated heterocycles. The second kappa shape index (κ2) is 11.0. The molecule has 0 bridgehead atoms. The number of carboxylic acid groups (broad SMARTS) is 1. The molecular formula is C20H31NO3. The zero-order valence-electron chi connectivity index (χ0n) is 15.2. The molecule has 1 aliphatic carbocycles. The lowest BCUT2D eigenvalue weighted by atomic mass is 9.99. The van der Waals surface area contributed by atoms with Crippen LogP contribution < -0.4 is 5.32 Å². The number of benzene rings is 1. The van der Waals surface area contributed by atoms with Crippen LogP contribution in [0.4, 0.5) is 0 Å². The molecule has 134 valence electrons. The van der Waals surface area contributed by atoms with Crippen molar-refractivity contribution >= 4 is 11.8 Å². The number of unbranched alkanes of at least 4 members (excludes halogenated alkanes) is 2. The summed E-state index contributed by atoms with van der Waals surface area (Å²) in [6.07, 6.45) is 5.95. The Morgan fingerprint density at radius 2 is 1.92 bits per heavy atom. The number of carbonyl (C=O) groups excluding carboxylic acids is 1. The third-order valence-corrected chi connectivity index (χ3v) is 4.56. The zero-order chi connectivity index (χ0) is 17.9. The first kappa shape index (κ1) is 20.4. The number of Topliss-reactive ketones (excluding diaryl/α,β-unsaturated/α-hetero) is 1. The van der Waals surface area contributed by atoms with E-state index >= 15 is 0 Å². The van der Waals surface area contributed by atoms with Gasteiger partial charge in [0.05, 0.1) is 0 Å². The fourth-order valence-electron chi connectivity index (χ4n) is 2.79. The van der Waals surface area contributed by atoms with E-state index in [0.717, 1.165) is 31.4 Å². The molecule has 0 saturated carbocycles. The predicted molar refractivity (Wildman–Crippen MR) is 97.5 cm³/mol. The summed E-state index contributed by atoms with van der Waals surface area (Å²) >= 11 is 0. The highest BCUT2D eigenvalue weighted by molar-refractivity contribution is 6.00. The first-order valence-electron chi connectivity index (χ1n) is 9.08. The number of aryl methyl sites for hydroxylation is 1. The molecule has 2 rings (SSSR count). The average Bonchev–Trinajstić information content (AvgIpc) is 2.96. The van der Waals surface area contributed by atoms with Gasteiger partial charge in [-0.2, -0.15) is 0 Å². The molecule has 0 heterocycles. The molecule has 0 spiro atoms. The second-order valence-corrected chi connectivity index (χ2v) is 6.44. The van der Waals surface area contributed by atoms with Crippen molar-refractivity contribution < 1.29 is 14.7 Å². The van der Waals surface area contributed by atoms with E-state index in [1.807, 2.05) is 38.1 Å². The normalized spacial score (nSPS) is 15.2. The summed E-state index contributed by atoms with van der Waals surface area (Å²) in [4.78, 5) is 22.0. The number of carboxylic acids is 1. The average molecular weight is 333 g/mol. The molecule has 4 heteroatoms. The minimum Gasteiger partial charge on any atom is -0.480 e. The standard InChI is InChI=1S/C11H23NO2.C9H8O/c1-4-6-7-8-12-10(11(13)14)9(3)5-2;10-9-6-5-7-3-1-2-4-8(7)9/h9-10,12H,4-8H2,1-3H3,(H,13,14);1-4H,5-6H2. The van der Waals surface area contributed by atoms with Gasteiger partial charge in [0.15, 0.2) is 5.78 Å². The summed E-state index contributed by atoms with van der Waals surface area (Å²) in [6, 6.07) is 7.46. The van der Waals surface area contributed by atoms with E-state index in [4.69, 9.17) is 5.11 Å². The molecule has 0 aliphatic heterocycles. The summed E-state index contributed by atoms with van der Waals surface area (Å²) in [5.74, 6) is -0.222. The summed E-state index contributed by atoms with van der Waals surface area (Å²) in [5.41, 5.74) is 2.15. The molecule has 0 radical (unpaired) electrons. The molecule has 0 aromatic heterocycles. The Morgan fingerprint density at radius 3 is 2.50 bits per heavy atom. The van der Waals surface area contributed by atoms with Gasteiger partial charge >= 0.3 is 5.97 Å². The van der Waals surface area contributed by atoms with Gasteiger partial charge in [-0.3, -0.25) is 9.59 Å².